The molecule has 0 bridgehead atoms. The molecule has 2 rings (SSSR count). The van der Waals surface area contributed by atoms with Crippen molar-refractivity contribution in [2.24, 2.45) is 28.8 Å². The molecule has 6 nitrogen and oxygen atoms in total. The molecular formula is C21H35NO5. The Balaban J connectivity index is 1.75. The number of aliphatic carboxylic acids is 1. The fourth-order valence-electron chi connectivity index (χ4n) is 4.29. The Hall–Kier alpha value is -1.40. The number of rotatable bonds is 12. The molecule has 0 aromatic heterocycles. The van der Waals surface area contributed by atoms with Gasteiger partial charge in [-0.1, -0.05) is 44.0 Å². The molecule has 6 heteroatoms. The Kier molecular flexibility index (Phi) is 8.77. The average molecular weight is 382 g/mol. The van der Waals surface area contributed by atoms with E-state index in [1.165, 1.54) is 0 Å². The fourth-order valence-corrected chi connectivity index (χ4v) is 4.29. The van der Waals surface area contributed by atoms with Crippen LogP contribution in [0.5, 0.6) is 0 Å². The Labute approximate surface area is 162 Å². The van der Waals surface area contributed by atoms with Gasteiger partial charge in [0.25, 0.3) is 0 Å². The molecule has 154 valence electrons. The maximum atomic E-state index is 10.5. The third kappa shape index (κ3) is 6.32. The molecular weight excluding hydrogens is 346 g/mol. The van der Waals surface area contributed by atoms with Gasteiger partial charge < -0.3 is 20.2 Å². The molecule has 2 aliphatic carbocycles. The molecule has 0 spiro atoms. The average Bonchev–Trinajstić information content (AvgIpc) is 2.87. The number of nitrogens with zero attached hydrogens (tertiary/aromatic N) is 1. The third-order valence-corrected chi connectivity index (χ3v) is 6.21. The van der Waals surface area contributed by atoms with E-state index in [1.54, 1.807) is 0 Å². The molecule has 3 N–H and O–H groups in total. The molecule has 2 saturated carbocycles. The Morgan fingerprint density at radius 2 is 2.07 bits per heavy atom. The quantitative estimate of drug-likeness (QED) is 0.273. The van der Waals surface area contributed by atoms with E-state index in [4.69, 9.17) is 9.94 Å². The van der Waals surface area contributed by atoms with Gasteiger partial charge in [-0.25, -0.2) is 0 Å². The molecule has 5 atom stereocenters. The molecule has 0 heterocycles. The van der Waals surface area contributed by atoms with E-state index in [0.29, 0.717) is 31.3 Å². The molecule has 2 fully saturated rings. The lowest BCUT2D eigenvalue weighted by Gasteiger charge is -2.34. The van der Waals surface area contributed by atoms with E-state index in [-0.39, 0.29) is 18.3 Å². The lowest BCUT2D eigenvalue weighted by Crippen LogP contribution is -2.36. The lowest BCUT2D eigenvalue weighted by atomic mass is 9.71. The molecule has 0 radical (unpaired) electrons. The van der Waals surface area contributed by atoms with Gasteiger partial charge in [-0.3, -0.25) is 4.79 Å². The first-order valence-corrected chi connectivity index (χ1v) is 10.4. The van der Waals surface area contributed by atoms with Crippen molar-refractivity contribution >= 4 is 11.7 Å². The summed E-state index contributed by atoms with van der Waals surface area (Å²) in [5.74, 6) is 0.532. The van der Waals surface area contributed by atoms with Crippen LogP contribution in [0.15, 0.2) is 17.3 Å². The maximum absolute atomic E-state index is 10.5. The zero-order valence-corrected chi connectivity index (χ0v) is 16.6. The second-order valence-electron chi connectivity index (χ2n) is 7.98. The molecule has 0 aliphatic heterocycles. The third-order valence-electron chi connectivity index (χ3n) is 6.21. The number of fused-ring (bicyclic) bond motifs is 1. The summed E-state index contributed by atoms with van der Waals surface area (Å²) >= 11 is 0. The smallest absolute Gasteiger partial charge is 0.303 e. The molecule has 2 aliphatic rings. The van der Waals surface area contributed by atoms with Crippen LogP contribution in [0.1, 0.15) is 65.2 Å². The number of oxime groups is 1. The zero-order valence-electron chi connectivity index (χ0n) is 16.6. The number of carboxylic acid groups (broad SMARTS) is 1. The largest absolute Gasteiger partial charge is 0.481 e. The van der Waals surface area contributed by atoms with Crippen molar-refractivity contribution in [2.75, 3.05) is 6.61 Å². The van der Waals surface area contributed by atoms with E-state index >= 15 is 0 Å². The number of carbonyl (C=O) groups is 1. The van der Waals surface area contributed by atoms with Crippen molar-refractivity contribution in [3.05, 3.63) is 12.2 Å². The van der Waals surface area contributed by atoms with Crippen LogP contribution in [0.25, 0.3) is 0 Å². The van der Waals surface area contributed by atoms with Gasteiger partial charge in [-0.2, -0.15) is 0 Å². The molecule has 0 saturated heterocycles. The second kappa shape index (κ2) is 10.8. The normalized spacial score (nSPS) is 29.9. The molecule has 3 unspecified atom stereocenters. The first kappa shape index (κ1) is 21.9. The number of carboxylic acids is 1. The van der Waals surface area contributed by atoms with Gasteiger partial charge >= 0.3 is 5.97 Å². The van der Waals surface area contributed by atoms with Crippen molar-refractivity contribution in [2.45, 2.75) is 77.4 Å². The van der Waals surface area contributed by atoms with Crippen molar-refractivity contribution in [1.29, 1.82) is 0 Å². The highest BCUT2D eigenvalue weighted by Gasteiger charge is 2.51. The first-order chi connectivity index (χ1) is 13.0. The summed E-state index contributed by atoms with van der Waals surface area (Å²) in [6.07, 6.45) is 9.14. The summed E-state index contributed by atoms with van der Waals surface area (Å²) in [6, 6.07) is 0. The minimum atomic E-state index is -0.828. The Morgan fingerprint density at radius 3 is 2.74 bits per heavy atom. The highest BCUT2D eigenvalue weighted by molar-refractivity contribution is 5.93. The molecule has 0 aromatic rings. The topological polar surface area (TPSA) is 99.4 Å². The van der Waals surface area contributed by atoms with Crippen LogP contribution < -0.4 is 0 Å². The summed E-state index contributed by atoms with van der Waals surface area (Å²) in [5, 5.41) is 33.3. The van der Waals surface area contributed by atoms with E-state index in [1.807, 2.05) is 12.2 Å². The summed E-state index contributed by atoms with van der Waals surface area (Å²) in [6.45, 7) is 4.69. The monoisotopic (exact) mass is 381 g/mol. The van der Waals surface area contributed by atoms with Crippen molar-refractivity contribution < 1.29 is 25.0 Å². The van der Waals surface area contributed by atoms with Crippen molar-refractivity contribution in [3.8, 4) is 0 Å². The van der Waals surface area contributed by atoms with Crippen LogP contribution >= 0.6 is 0 Å². The summed E-state index contributed by atoms with van der Waals surface area (Å²) in [5.41, 5.74) is 0.972. The van der Waals surface area contributed by atoms with Crippen LogP contribution in [0.2, 0.25) is 0 Å². The number of hydrogen-bond donors (Lipinski definition) is 3. The Bertz CT molecular complexity index is 529. The zero-order chi connectivity index (χ0) is 19.8. The van der Waals surface area contributed by atoms with Gasteiger partial charge in [-0.05, 0) is 43.9 Å². The van der Waals surface area contributed by atoms with Crippen LogP contribution in [0, 0.1) is 23.7 Å². The molecule has 0 amide bonds. The maximum Gasteiger partial charge on any atom is 0.303 e. The summed E-state index contributed by atoms with van der Waals surface area (Å²) in [7, 11) is 0. The predicted octanol–water partition coefficient (Wildman–Crippen LogP) is 3.37. The van der Waals surface area contributed by atoms with Crippen LogP contribution in [0.4, 0.5) is 0 Å². The fraction of sp³-hybridized carbons (Fsp3) is 0.810. The lowest BCUT2D eigenvalue weighted by molar-refractivity contribution is -0.137. The van der Waals surface area contributed by atoms with Crippen molar-refractivity contribution in [3.63, 3.8) is 0 Å². The molecule has 0 aromatic carbocycles. The van der Waals surface area contributed by atoms with Gasteiger partial charge in [0.05, 0.1) is 17.9 Å². The Morgan fingerprint density at radius 1 is 1.33 bits per heavy atom. The highest BCUT2D eigenvalue weighted by Crippen LogP contribution is 2.49. The number of aliphatic hydroxyl groups excluding tert-OH is 2. The number of aliphatic hydroxyl groups is 2. The van der Waals surface area contributed by atoms with Crippen molar-refractivity contribution in [1.82, 2.24) is 0 Å². The van der Waals surface area contributed by atoms with E-state index < -0.39 is 18.2 Å². The minimum Gasteiger partial charge on any atom is -0.481 e. The van der Waals surface area contributed by atoms with Crippen LogP contribution in [-0.4, -0.2) is 45.8 Å². The van der Waals surface area contributed by atoms with E-state index in [0.717, 1.165) is 37.8 Å². The molecule has 27 heavy (non-hydrogen) atoms. The summed E-state index contributed by atoms with van der Waals surface area (Å²) in [4.78, 5) is 15.7. The number of hydrogen-bond acceptors (Lipinski definition) is 5. The van der Waals surface area contributed by atoms with Gasteiger partial charge in [-0.15, -0.1) is 0 Å². The van der Waals surface area contributed by atoms with Gasteiger partial charge in [0.15, 0.2) is 0 Å². The summed E-state index contributed by atoms with van der Waals surface area (Å²) < 4.78 is 0. The van der Waals surface area contributed by atoms with Crippen LogP contribution in [0.3, 0.4) is 0 Å². The first-order valence-electron chi connectivity index (χ1n) is 10.4. The van der Waals surface area contributed by atoms with E-state index in [9.17, 15) is 15.0 Å². The van der Waals surface area contributed by atoms with Gasteiger partial charge in [0, 0.05) is 18.3 Å². The SMILES string of the molecule is CCC(CC)CCC(O)C=CC1C(O)C[C@@H]2C(=NOCCCC(=O)O)C[C@@H]12. The predicted molar refractivity (Wildman–Crippen MR) is 104 cm³/mol. The van der Waals surface area contributed by atoms with E-state index in [2.05, 4.69) is 19.0 Å². The minimum absolute atomic E-state index is 0.0729. The van der Waals surface area contributed by atoms with Crippen LogP contribution in [-0.2, 0) is 9.63 Å². The second-order valence-corrected chi connectivity index (χ2v) is 7.98. The van der Waals surface area contributed by atoms with Gasteiger partial charge in [0.1, 0.15) is 6.61 Å². The van der Waals surface area contributed by atoms with Gasteiger partial charge in [0.2, 0.25) is 0 Å². The highest BCUT2D eigenvalue weighted by atomic mass is 16.6. The standard InChI is InChI=1S/C21H35NO5/c1-3-14(4-2)7-8-15(23)9-10-16-17-12-19(18(17)13-20(16)24)22-27-11-5-6-21(25)26/h9-10,14-18,20,23-24H,3-8,11-13H2,1-2H3,(H,25,26)/t15?,16?,17-,18-,20?/m0/s1.